The van der Waals surface area contributed by atoms with Crippen LogP contribution in [0.5, 0.6) is 5.88 Å². The number of nitrogens with one attached hydrogen (secondary N) is 4. The quantitative estimate of drug-likeness (QED) is 0.198. The number of hydrogen-bond acceptors (Lipinski definition) is 9. The second kappa shape index (κ2) is 12.0. The Morgan fingerprint density at radius 3 is 2.54 bits per heavy atom. The Hall–Kier alpha value is -4.39. The zero-order valence-electron chi connectivity index (χ0n) is 22.9. The topological polar surface area (TPSA) is 133 Å². The molecule has 1 saturated carbocycles. The van der Waals surface area contributed by atoms with Crippen molar-refractivity contribution in [2.45, 2.75) is 57.3 Å². The molecule has 0 atom stereocenters. The van der Waals surface area contributed by atoms with Crippen LogP contribution in [0.4, 0.5) is 47.8 Å². The molecular weight excluding hydrogens is 539 g/mol. The first-order valence-corrected chi connectivity index (χ1v) is 12.9. The van der Waals surface area contributed by atoms with Crippen LogP contribution >= 0.6 is 0 Å². The maximum Gasteiger partial charge on any atom is 0.421 e. The van der Waals surface area contributed by atoms with E-state index in [2.05, 4.69) is 42.8 Å². The monoisotopic (exact) mass is 571 g/mol. The van der Waals surface area contributed by atoms with E-state index in [1.165, 1.54) is 7.11 Å². The molecule has 2 heterocycles. The summed E-state index contributed by atoms with van der Waals surface area (Å²) in [7, 11) is 1.45. The molecule has 1 fully saturated rings. The molecule has 1 amide bonds. The van der Waals surface area contributed by atoms with Gasteiger partial charge in [0.25, 0.3) is 0 Å². The number of ether oxygens (including phenoxy) is 1. The van der Waals surface area contributed by atoms with Gasteiger partial charge >= 0.3 is 6.18 Å². The molecular formula is C28H32F3N7O3. The number of anilines is 6. The van der Waals surface area contributed by atoms with Gasteiger partial charge in [-0.25, -0.2) is 4.98 Å². The SMILES string of the molecule is C=CC(=O)Nc1cc(C)ccc1Nc1nc(Nc2cc(NC3CCC(C)(O)CC3)nc(OC)c2)ncc1C(F)(F)F. The van der Waals surface area contributed by atoms with Gasteiger partial charge in [-0.1, -0.05) is 12.6 Å². The predicted molar refractivity (Wildman–Crippen MR) is 151 cm³/mol. The van der Waals surface area contributed by atoms with E-state index in [0.717, 1.165) is 24.5 Å². The average Bonchev–Trinajstić information content (AvgIpc) is 2.90. The Bertz CT molecular complexity index is 1420. The lowest BCUT2D eigenvalue weighted by atomic mass is 9.84. The lowest BCUT2D eigenvalue weighted by Crippen LogP contribution is -2.35. The molecule has 5 N–H and O–H groups in total. The van der Waals surface area contributed by atoms with E-state index in [-0.39, 0.29) is 29.2 Å². The zero-order chi connectivity index (χ0) is 29.8. The summed E-state index contributed by atoms with van der Waals surface area (Å²) in [6.07, 6.45) is -0.218. The first-order chi connectivity index (χ1) is 19.3. The standard InChI is InChI=1S/C28H32F3N7O3/c1-5-23(39)35-21-12-16(2)6-7-20(21)36-25-19(28(29,30)31)15-32-26(38-25)34-18-13-22(37-24(14-18)41-4)33-17-8-10-27(3,40)11-9-17/h5-7,12-15,17,40H,1,8-11H2,2-4H3,(H,35,39)(H3,32,33,34,36,37,38). The largest absolute Gasteiger partial charge is 0.481 e. The molecule has 10 nitrogen and oxygen atoms in total. The molecule has 0 saturated heterocycles. The summed E-state index contributed by atoms with van der Waals surface area (Å²) in [4.78, 5) is 24.3. The summed E-state index contributed by atoms with van der Waals surface area (Å²) >= 11 is 0. The highest BCUT2D eigenvalue weighted by molar-refractivity contribution is 6.01. The van der Waals surface area contributed by atoms with Crippen LogP contribution < -0.4 is 26.0 Å². The van der Waals surface area contributed by atoms with Gasteiger partial charge in [0, 0.05) is 30.1 Å². The van der Waals surface area contributed by atoms with Crippen molar-refractivity contribution in [2.24, 2.45) is 0 Å². The molecule has 1 aromatic carbocycles. The van der Waals surface area contributed by atoms with E-state index in [4.69, 9.17) is 4.74 Å². The minimum Gasteiger partial charge on any atom is -0.481 e. The minimum absolute atomic E-state index is 0.0890. The molecule has 4 rings (SSSR count). The lowest BCUT2D eigenvalue weighted by Gasteiger charge is -2.33. The Labute approximate surface area is 235 Å². The lowest BCUT2D eigenvalue weighted by molar-refractivity contribution is -0.137. The zero-order valence-corrected chi connectivity index (χ0v) is 22.9. The van der Waals surface area contributed by atoms with Crippen molar-refractivity contribution in [3.63, 3.8) is 0 Å². The molecule has 41 heavy (non-hydrogen) atoms. The van der Waals surface area contributed by atoms with Crippen molar-refractivity contribution in [3.8, 4) is 5.88 Å². The van der Waals surface area contributed by atoms with Gasteiger partial charge in [0.15, 0.2) is 0 Å². The number of aliphatic hydroxyl groups is 1. The molecule has 0 radical (unpaired) electrons. The van der Waals surface area contributed by atoms with Crippen LogP contribution in [0, 0.1) is 6.92 Å². The Morgan fingerprint density at radius 2 is 1.88 bits per heavy atom. The van der Waals surface area contributed by atoms with E-state index >= 15 is 0 Å². The summed E-state index contributed by atoms with van der Waals surface area (Å²) in [6.45, 7) is 7.01. The van der Waals surface area contributed by atoms with Crippen LogP contribution in [0.3, 0.4) is 0 Å². The molecule has 0 bridgehead atoms. The second-order valence-corrected chi connectivity index (χ2v) is 10.1. The smallest absolute Gasteiger partial charge is 0.421 e. The van der Waals surface area contributed by atoms with Crippen LogP contribution in [0.25, 0.3) is 0 Å². The summed E-state index contributed by atoms with van der Waals surface area (Å²) in [6, 6.07) is 8.17. The third kappa shape index (κ3) is 7.84. The fourth-order valence-corrected chi connectivity index (χ4v) is 4.40. The van der Waals surface area contributed by atoms with Crippen LogP contribution in [0.15, 0.2) is 49.2 Å². The molecule has 1 aliphatic carbocycles. The molecule has 3 aromatic rings. The Balaban J connectivity index is 1.62. The molecule has 0 unspecified atom stereocenters. The number of aryl methyl sites for hydroxylation is 1. The minimum atomic E-state index is -4.75. The second-order valence-electron chi connectivity index (χ2n) is 10.1. The maximum absolute atomic E-state index is 13.9. The number of aromatic nitrogens is 3. The number of benzene rings is 1. The van der Waals surface area contributed by atoms with Crippen molar-refractivity contribution in [1.29, 1.82) is 0 Å². The fourth-order valence-electron chi connectivity index (χ4n) is 4.40. The molecule has 1 aliphatic rings. The van der Waals surface area contributed by atoms with Gasteiger partial charge in [-0.2, -0.15) is 23.1 Å². The van der Waals surface area contributed by atoms with Crippen LogP contribution in [-0.2, 0) is 11.0 Å². The van der Waals surface area contributed by atoms with Crippen molar-refractivity contribution in [1.82, 2.24) is 15.0 Å². The molecule has 0 spiro atoms. The molecule has 2 aromatic heterocycles. The highest BCUT2D eigenvalue weighted by Gasteiger charge is 2.35. The number of nitrogens with zero attached hydrogens (tertiary/aromatic N) is 3. The Kier molecular flexibility index (Phi) is 8.66. The highest BCUT2D eigenvalue weighted by atomic mass is 19.4. The van der Waals surface area contributed by atoms with Crippen LogP contribution in [-0.4, -0.2) is 44.7 Å². The summed E-state index contributed by atoms with van der Waals surface area (Å²) < 4.78 is 47.0. The number of halogens is 3. The van der Waals surface area contributed by atoms with Gasteiger partial charge in [-0.15, -0.1) is 0 Å². The number of carbonyl (C=O) groups is 1. The maximum atomic E-state index is 13.9. The van der Waals surface area contributed by atoms with Gasteiger partial charge < -0.3 is 31.1 Å². The first kappa shape index (κ1) is 29.6. The fraction of sp³-hybridized carbons (Fsp3) is 0.357. The van der Waals surface area contributed by atoms with Crippen molar-refractivity contribution < 1.29 is 27.8 Å². The first-order valence-electron chi connectivity index (χ1n) is 12.9. The van der Waals surface area contributed by atoms with E-state index in [1.54, 1.807) is 37.3 Å². The summed E-state index contributed by atoms with van der Waals surface area (Å²) in [5.41, 5.74) is -0.103. The summed E-state index contributed by atoms with van der Waals surface area (Å²) in [5, 5.41) is 21.8. The van der Waals surface area contributed by atoms with Gasteiger partial charge in [-0.3, -0.25) is 4.79 Å². The third-order valence-electron chi connectivity index (χ3n) is 6.65. The number of methoxy groups -OCH3 is 1. The third-order valence-corrected chi connectivity index (χ3v) is 6.65. The van der Waals surface area contributed by atoms with Crippen LogP contribution in [0.2, 0.25) is 0 Å². The van der Waals surface area contributed by atoms with E-state index < -0.39 is 29.1 Å². The van der Waals surface area contributed by atoms with E-state index in [9.17, 15) is 23.1 Å². The molecule has 0 aliphatic heterocycles. The van der Waals surface area contributed by atoms with Crippen LogP contribution in [0.1, 0.15) is 43.7 Å². The van der Waals surface area contributed by atoms with Crippen molar-refractivity contribution >= 4 is 40.6 Å². The highest BCUT2D eigenvalue weighted by Crippen LogP contribution is 2.37. The number of alkyl halides is 3. The molecule has 13 heteroatoms. The average molecular weight is 572 g/mol. The van der Waals surface area contributed by atoms with Gasteiger partial charge in [0.1, 0.15) is 17.2 Å². The number of amides is 1. The molecule has 218 valence electrons. The van der Waals surface area contributed by atoms with E-state index in [0.29, 0.717) is 30.5 Å². The number of rotatable bonds is 9. The van der Waals surface area contributed by atoms with Gasteiger partial charge in [0.2, 0.25) is 17.7 Å². The normalized spacial score (nSPS) is 18.8. The van der Waals surface area contributed by atoms with Crippen molar-refractivity contribution in [3.05, 3.63) is 60.3 Å². The Morgan fingerprint density at radius 1 is 1.15 bits per heavy atom. The predicted octanol–water partition coefficient (Wildman–Crippen LogP) is 5.92. The van der Waals surface area contributed by atoms with Gasteiger partial charge in [0.05, 0.1) is 24.1 Å². The number of carbonyl (C=O) groups excluding carboxylic acids is 1. The van der Waals surface area contributed by atoms with E-state index in [1.807, 2.05) is 6.92 Å². The summed E-state index contributed by atoms with van der Waals surface area (Å²) in [5.74, 6) is -0.382. The van der Waals surface area contributed by atoms with Crippen molar-refractivity contribution in [2.75, 3.05) is 28.4 Å². The number of pyridine rings is 1. The van der Waals surface area contributed by atoms with Gasteiger partial charge in [-0.05, 0) is 63.3 Å². The number of hydrogen-bond donors (Lipinski definition) is 5.